The van der Waals surface area contributed by atoms with Crippen LogP contribution in [0.15, 0.2) is 0 Å². The van der Waals surface area contributed by atoms with Crippen molar-refractivity contribution in [3.63, 3.8) is 0 Å². The van der Waals surface area contributed by atoms with Gasteiger partial charge in [-0.05, 0) is 0 Å². The first-order valence-electron chi connectivity index (χ1n) is 0.507. The molecule has 0 aliphatic heterocycles. The van der Waals surface area contributed by atoms with Gasteiger partial charge in [0.2, 0.25) is 0 Å². The van der Waals surface area contributed by atoms with Crippen molar-refractivity contribution < 1.29 is 0 Å². The van der Waals surface area contributed by atoms with Gasteiger partial charge in [0.1, 0.15) is 0 Å². The quantitative estimate of drug-likeness (QED) is 0.546. The van der Waals surface area contributed by atoms with E-state index < -0.39 is 5.98 Å². The second-order valence-electron chi connectivity index (χ2n) is 0.192. The molecular formula is HBrCl3P. The normalized spacial score (nSPS) is 7.20. The van der Waals surface area contributed by atoms with Crippen molar-refractivity contribution in [2.45, 2.75) is 0 Å². The van der Waals surface area contributed by atoms with E-state index in [1.54, 1.807) is 0 Å². The number of hydrogen-bond acceptors (Lipinski definition) is 0. The Morgan fingerprint density at radius 1 is 1.00 bits per heavy atom. The molecule has 0 aliphatic carbocycles. The molecule has 0 aliphatic rings. The van der Waals surface area contributed by atoms with Gasteiger partial charge in [-0.25, -0.2) is 0 Å². The Balaban J connectivity index is 0. The molecule has 0 nitrogen and oxygen atoms in total. The third-order valence-electron chi connectivity index (χ3n) is 0. The molecule has 0 aromatic carbocycles. The summed E-state index contributed by atoms with van der Waals surface area (Å²) in [6.07, 6.45) is 0. The molecular weight excluding hydrogens is 217 g/mol. The summed E-state index contributed by atoms with van der Waals surface area (Å²) in [6.45, 7) is 0. The monoisotopic (exact) mass is 216 g/mol. The fourth-order valence-corrected chi connectivity index (χ4v) is 0. The fraction of sp³-hybridized carbons (Fsp3) is 0. The van der Waals surface area contributed by atoms with Crippen LogP contribution in [0.2, 0.25) is 0 Å². The van der Waals surface area contributed by atoms with Gasteiger partial charge in [0, 0.05) is 0 Å². The lowest BCUT2D eigenvalue weighted by molar-refractivity contribution is 4.58. The summed E-state index contributed by atoms with van der Waals surface area (Å²) in [5.41, 5.74) is 0. The van der Waals surface area contributed by atoms with Crippen molar-refractivity contribution in [3.05, 3.63) is 0 Å². The Bertz CT molecular complexity index is 11.6. The first-order valence-corrected chi connectivity index (χ1v) is 4.56. The van der Waals surface area contributed by atoms with Crippen LogP contribution in [0.3, 0.4) is 0 Å². The van der Waals surface area contributed by atoms with Crippen molar-refractivity contribution in [3.8, 4) is 0 Å². The lowest BCUT2D eigenvalue weighted by atomic mass is 30.4. The van der Waals surface area contributed by atoms with E-state index in [0.717, 1.165) is 0 Å². The largest absolute Gasteiger partial charge is 0.179 e. The van der Waals surface area contributed by atoms with Crippen LogP contribution in [0.4, 0.5) is 0 Å². The van der Waals surface area contributed by atoms with Gasteiger partial charge in [-0.2, -0.15) is 0 Å². The lowest BCUT2D eigenvalue weighted by Gasteiger charge is -1.68. The minimum atomic E-state index is -1.20. The SMILES string of the molecule is Br.ClP(Cl)Cl. The number of rotatable bonds is 0. The summed E-state index contributed by atoms with van der Waals surface area (Å²) in [5.74, 6) is -1.20. The standard InChI is InChI=1S/BrH.Cl3P/c;1-4(2)3/h1H;. The molecule has 5 heteroatoms. The molecule has 0 saturated carbocycles. The molecule has 34 valence electrons. The van der Waals surface area contributed by atoms with Crippen LogP contribution >= 0.6 is 56.7 Å². The van der Waals surface area contributed by atoms with Gasteiger partial charge in [-0.15, -0.1) is 17.0 Å². The Hall–Kier alpha value is 1.78. The molecule has 0 bridgehead atoms. The number of halogens is 4. The van der Waals surface area contributed by atoms with Gasteiger partial charge < -0.3 is 0 Å². The molecule has 0 heterocycles. The minimum absolute atomic E-state index is 0. The minimum Gasteiger partial charge on any atom is -0.114 e. The maximum atomic E-state index is 4.87. The van der Waals surface area contributed by atoms with Gasteiger partial charge >= 0.3 is 0 Å². The Morgan fingerprint density at radius 2 is 1.00 bits per heavy atom. The second kappa shape index (κ2) is 5.78. The number of hydrogen-bond donors (Lipinski definition) is 0. The van der Waals surface area contributed by atoms with Crippen molar-refractivity contribution >= 4 is 56.7 Å². The predicted octanol–water partition coefficient (Wildman–Crippen LogP) is 3.51. The highest BCUT2D eigenvalue weighted by Crippen LogP contribution is 2.51. The Labute approximate surface area is 56.7 Å². The molecule has 0 fully saturated rings. The van der Waals surface area contributed by atoms with E-state index in [2.05, 4.69) is 0 Å². The van der Waals surface area contributed by atoms with Gasteiger partial charge in [0.05, 0.1) is 0 Å². The molecule has 0 N–H and O–H groups in total. The third-order valence-corrected chi connectivity index (χ3v) is 0. The Morgan fingerprint density at radius 3 is 1.00 bits per heavy atom. The average molecular weight is 218 g/mol. The highest BCUT2D eigenvalue weighted by atomic mass is 79.9. The first-order chi connectivity index (χ1) is 1.73. The smallest absolute Gasteiger partial charge is 0.114 e. The zero-order chi connectivity index (χ0) is 3.58. The van der Waals surface area contributed by atoms with Crippen LogP contribution in [-0.2, 0) is 0 Å². The molecule has 0 radical (unpaired) electrons. The summed E-state index contributed by atoms with van der Waals surface area (Å²) in [7, 11) is 0. The maximum absolute atomic E-state index is 4.87. The van der Waals surface area contributed by atoms with Crippen LogP contribution < -0.4 is 0 Å². The highest BCUT2D eigenvalue weighted by molar-refractivity contribution is 8.93. The van der Waals surface area contributed by atoms with Gasteiger partial charge in [0.25, 0.3) is 0 Å². The molecule has 5 heavy (non-hydrogen) atoms. The van der Waals surface area contributed by atoms with Crippen LogP contribution in [0.25, 0.3) is 0 Å². The topological polar surface area (TPSA) is 0 Å². The van der Waals surface area contributed by atoms with Crippen LogP contribution in [0.1, 0.15) is 0 Å². The molecule has 0 saturated heterocycles. The molecule has 0 rings (SSSR count). The summed E-state index contributed by atoms with van der Waals surface area (Å²) in [6, 6.07) is 0. The van der Waals surface area contributed by atoms with Crippen LogP contribution in [0, 0.1) is 0 Å². The first kappa shape index (κ1) is 9.91. The van der Waals surface area contributed by atoms with Gasteiger partial charge in [-0.3, -0.25) is 0 Å². The van der Waals surface area contributed by atoms with E-state index in [4.69, 9.17) is 33.7 Å². The second-order valence-corrected chi connectivity index (χ2v) is 5.17. The highest BCUT2D eigenvalue weighted by Gasteiger charge is 1.80. The zero-order valence-corrected chi connectivity index (χ0v) is 6.86. The predicted molar refractivity (Wildman–Crippen MR) is 34.8 cm³/mol. The van der Waals surface area contributed by atoms with Crippen LogP contribution in [-0.4, -0.2) is 0 Å². The third kappa shape index (κ3) is 26.1. The lowest BCUT2D eigenvalue weighted by Crippen LogP contribution is -0.958. The van der Waals surface area contributed by atoms with Gasteiger partial charge in [0.15, 0.2) is 5.98 Å². The van der Waals surface area contributed by atoms with Crippen LogP contribution in [0.5, 0.6) is 0 Å². The van der Waals surface area contributed by atoms with E-state index in [0.29, 0.717) is 0 Å². The summed E-state index contributed by atoms with van der Waals surface area (Å²) in [5, 5.41) is 0. The summed E-state index contributed by atoms with van der Waals surface area (Å²) < 4.78 is 0. The summed E-state index contributed by atoms with van der Waals surface area (Å²) in [4.78, 5) is 0. The molecule has 0 unspecified atom stereocenters. The van der Waals surface area contributed by atoms with E-state index in [9.17, 15) is 0 Å². The summed E-state index contributed by atoms with van der Waals surface area (Å²) >= 11 is 14.6. The van der Waals surface area contributed by atoms with E-state index in [1.807, 2.05) is 0 Å². The van der Waals surface area contributed by atoms with Crippen molar-refractivity contribution in [1.29, 1.82) is 0 Å². The maximum Gasteiger partial charge on any atom is 0.179 e. The van der Waals surface area contributed by atoms with E-state index in [1.165, 1.54) is 0 Å². The van der Waals surface area contributed by atoms with E-state index >= 15 is 0 Å². The molecule has 0 aromatic heterocycles. The van der Waals surface area contributed by atoms with E-state index in [-0.39, 0.29) is 17.0 Å². The Kier molecular flexibility index (Phi) is 11.5. The van der Waals surface area contributed by atoms with Crippen molar-refractivity contribution in [2.24, 2.45) is 0 Å². The van der Waals surface area contributed by atoms with Crippen molar-refractivity contribution in [2.75, 3.05) is 0 Å². The molecule has 0 atom stereocenters. The molecule has 0 spiro atoms. The van der Waals surface area contributed by atoms with Gasteiger partial charge in [-0.1, -0.05) is 33.7 Å². The molecule has 0 amide bonds. The average Bonchev–Trinajstić information content (AvgIpc) is 0.811. The fourth-order valence-electron chi connectivity index (χ4n) is 0. The zero-order valence-electron chi connectivity index (χ0n) is 1.99. The molecule has 0 aromatic rings. The van der Waals surface area contributed by atoms with Crippen molar-refractivity contribution in [1.82, 2.24) is 0 Å².